The van der Waals surface area contributed by atoms with Gasteiger partial charge in [0, 0.05) is 16.8 Å². The summed E-state index contributed by atoms with van der Waals surface area (Å²) in [6.07, 6.45) is 0.664. The van der Waals surface area contributed by atoms with Gasteiger partial charge in [-0.25, -0.2) is 8.78 Å². The van der Waals surface area contributed by atoms with Gasteiger partial charge in [-0.05, 0) is 31.9 Å². The second kappa shape index (κ2) is 6.35. The Morgan fingerprint density at radius 1 is 1.19 bits per heavy atom. The van der Waals surface area contributed by atoms with Crippen molar-refractivity contribution in [3.05, 3.63) is 52.3 Å². The third-order valence-electron chi connectivity index (χ3n) is 3.63. The van der Waals surface area contributed by atoms with Gasteiger partial charge in [-0.15, -0.1) is 0 Å². The number of rotatable bonds is 5. The largest absolute Gasteiger partial charge is 0.389 e. The number of benzene rings is 1. The van der Waals surface area contributed by atoms with E-state index in [0.717, 1.165) is 17.0 Å². The predicted octanol–water partition coefficient (Wildman–Crippen LogP) is 3.39. The highest BCUT2D eigenvalue weighted by Gasteiger charge is 2.20. The van der Waals surface area contributed by atoms with Crippen molar-refractivity contribution in [1.29, 1.82) is 0 Å². The maximum absolute atomic E-state index is 13.8. The molecular formula is C16H20F2N2O. The van der Waals surface area contributed by atoms with Crippen LogP contribution in [-0.2, 0) is 19.4 Å². The molecule has 1 atom stereocenters. The highest BCUT2D eigenvalue weighted by atomic mass is 19.1. The van der Waals surface area contributed by atoms with E-state index in [1.54, 1.807) is 11.6 Å². The van der Waals surface area contributed by atoms with Crippen LogP contribution in [0.15, 0.2) is 18.2 Å². The van der Waals surface area contributed by atoms with Gasteiger partial charge in [0.05, 0.1) is 18.3 Å². The molecule has 0 aliphatic carbocycles. The quantitative estimate of drug-likeness (QED) is 0.918. The molecule has 2 aromatic rings. The molecule has 1 aromatic heterocycles. The summed E-state index contributed by atoms with van der Waals surface area (Å²) < 4.78 is 29.2. The molecule has 0 saturated carbocycles. The molecule has 21 heavy (non-hydrogen) atoms. The van der Waals surface area contributed by atoms with Crippen LogP contribution in [0.3, 0.4) is 0 Å². The average Bonchev–Trinajstić information content (AvgIpc) is 2.80. The van der Waals surface area contributed by atoms with Crippen LogP contribution in [0.2, 0.25) is 0 Å². The molecule has 1 aromatic carbocycles. The molecule has 1 unspecified atom stereocenters. The van der Waals surface area contributed by atoms with Crippen molar-refractivity contribution in [3.63, 3.8) is 0 Å². The van der Waals surface area contributed by atoms with E-state index in [0.29, 0.717) is 12.8 Å². The second-order valence-corrected chi connectivity index (χ2v) is 5.05. The topological polar surface area (TPSA) is 38.0 Å². The van der Waals surface area contributed by atoms with Crippen LogP contribution in [0, 0.1) is 11.6 Å². The highest BCUT2D eigenvalue weighted by Crippen LogP contribution is 2.25. The molecule has 0 radical (unpaired) electrons. The van der Waals surface area contributed by atoms with Crippen molar-refractivity contribution in [1.82, 2.24) is 9.78 Å². The Labute approximate surface area is 123 Å². The summed E-state index contributed by atoms with van der Waals surface area (Å²) in [5.74, 6) is -1.16. The third-order valence-corrected chi connectivity index (χ3v) is 3.63. The summed E-state index contributed by atoms with van der Waals surface area (Å²) in [5, 5.41) is 14.4. The zero-order valence-electron chi connectivity index (χ0n) is 12.5. The first-order valence-corrected chi connectivity index (χ1v) is 7.18. The molecule has 2 rings (SSSR count). The second-order valence-electron chi connectivity index (χ2n) is 5.05. The van der Waals surface area contributed by atoms with Crippen molar-refractivity contribution >= 4 is 0 Å². The molecular weight excluding hydrogens is 274 g/mol. The van der Waals surface area contributed by atoms with Crippen molar-refractivity contribution in [2.24, 2.45) is 0 Å². The number of aromatic nitrogens is 2. The summed E-state index contributed by atoms with van der Waals surface area (Å²) in [6.45, 7) is 5.60. The van der Waals surface area contributed by atoms with Gasteiger partial charge in [-0.3, -0.25) is 4.68 Å². The minimum absolute atomic E-state index is 0.00510. The van der Waals surface area contributed by atoms with E-state index in [1.165, 1.54) is 18.2 Å². The van der Waals surface area contributed by atoms with E-state index in [1.807, 2.05) is 13.8 Å². The van der Waals surface area contributed by atoms with Crippen LogP contribution in [0.4, 0.5) is 8.78 Å². The van der Waals surface area contributed by atoms with Crippen molar-refractivity contribution in [3.8, 4) is 0 Å². The summed E-state index contributed by atoms with van der Waals surface area (Å²) in [5.41, 5.74) is 2.37. The van der Waals surface area contributed by atoms with E-state index in [-0.39, 0.29) is 12.1 Å². The maximum Gasteiger partial charge on any atom is 0.131 e. The monoisotopic (exact) mass is 294 g/mol. The molecule has 3 nitrogen and oxygen atoms in total. The highest BCUT2D eigenvalue weighted by molar-refractivity contribution is 5.30. The van der Waals surface area contributed by atoms with Crippen LogP contribution < -0.4 is 0 Å². The van der Waals surface area contributed by atoms with Crippen molar-refractivity contribution in [2.75, 3.05) is 0 Å². The molecule has 0 saturated heterocycles. The Morgan fingerprint density at radius 3 is 2.29 bits per heavy atom. The Bertz CT molecular complexity index is 615. The number of aliphatic hydroxyl groups is 1. The molecule has 0 amide bonds. The maximum atomic E-state index is 13.8. The van der Waals surface area contributed by atoms with Crippen LogP contribution in [0.25, 0.3) is 0 Å². The van der Waals surface area contributed by atoms with E-state index in [2.05, 4.69) is 5.10 Å². The van der Waals surface area contributed by atoms with E-state index >= 15 is 0 Å². The van der Waals surface area contributed by atoms with Crippen molar-refractivity contribution < 1.29 is 13.9 Å². The van der Waals surface area contributed by atoms with Gasteiger partial charge in [-0.2, -0.15) is 5.10 Å². The van der Waals surface area contributed by atoms with Crippen LogP contribution in [-0.4, -0.2) is 14.9 Å². The number of halogens is 2. The Morgan fingerprint density at radius 2 is 1.81 bits per heavy atom. The minimum Gasteiger partial charge on any atom is -0.389 e. The molecule has 0 fully saturated rings. The first-order valence-electron chi connectivity index (χ1n) is 7.18. The van der Waals surface area contributed by atoms with Gasteiger partial charge in [0.25, 0.3) is 0 Å². The summed E-state index contributed by atoms with van der Waals surface area (Å²) in [7, 11) is 0. The number of aryl methyl sites for hydroxylation is 1. The van der Waals surface area contributed by atoms with Crippen LogP contribution >= 0.6 is 0 Å². The molecule has 5 heteroatoms. The molecule has 0 bridgehead atoms. The average molecular weight is 294 g/mol. The Kier molecular flexibility index (Phi) is 4.73. The van der Waals surface area contributed by atoms with Gasteiger partial charge in [0.2, 0.25) is 0 Å². The number of hydrogen-bond donors (Lipinski definition) is 1. The third kappa shape index (κ3) is 2.97. The lowest BCUT2D eigenvalue weighted by Gasteiger charge is -2.11. The zero-order valence-corrected chi connectivity index (χ0v) is 12.5. The molecule has 1 heterocycles. The van der Waals surface area contributed by atoms with Crippen molar-refractivity contribution in [2.45, 2.75) is 46.3 Å². The Hall–Kier alpha value is -1.75. The molecule has 0 spiro atoms. The van der Waals surface area contributed by atoms with Gasteiger partial charge in [-0.1, -0.05) is 19.9 Å². The van der Waals surface area contributed by atoms with Gasteiger partial charge >= 0.3 is 0 Å². The molecule has 114 valence electrons. The molecule has 0 aliphatic heterocycles. The van der Waals surface area contributed by atoms with Gasteiger partial charge < -0.3 is 5.11 Å². The summed E-state index contributed by atoms with van der Waals surface area (Å²) >= 11 is 0. The molecule has 1 N–H and O–H groups in total. The normalized spacial score (nSPS) is 12.7. The lowest BCUT2D eigenvalue weighted by Crippen LogP contribution is -2.10. The van der Waals surface area contributed by atoms with Gasteiger partial charge in [0.15, 0.2) is 0 Å². The lowest BCUT2D eigenvalue weighted by molar-refractivity contribution is 0.197. The fourth-order valence-electron chi connectivity index (χ4n) is 2.65. The fourth-order valence-corrected chi connectivity index (χ4v) is 2.65. The van der Waals surface area contributed by atoms with E-state index < -0.39 is 17.7 Å². The Balaban J connectivity index is 2.50. The number of nitrogens with zero attached hydrogens (tertiary/aromatic N) is 2. The molecule has 0 aliphatic rings. The fraction of sp³-hybridized carbons (Fsp3) is 0.438. The van der Waals surface area contributed by atoms with Gasteiger partial charge in [0.1, 0.15) is 11.6 Å². The summed E-state index contributed by atoms with van der Waals surface area (Å²) in [6, 6.07) is 3.82. The number of aliphatic hydroxyl groups excluding tert-OH is 1. The summed E-state index contributed by atoms with van der Waals surface area (Å²) in [4.78, 5) is 0. The SMILES string of the molecule is CCc1nn(Cc2c(F)cccc2F)c(CC)c1C(C)O. The standard InChI is InChI=1S/C16H20F2N2O/c1-4-14-16(10(3)21)15(5-2)20(19-14)9-11-12(17)7-6-8-13(11)18/h6-8,10,21H,4-5,9H2,1-3H3. The zero-order chi connectivity index (χ0) is 15.6. The first-order chi connectivity index (χ1) is 9.99. The van der Waals surface area contributed by atoms with Crippen LogP contribution in [0.1, 0.15) is 49.4 Å². The van der Waals surface area contributed by atoms with E-state index in [4.69, 9.17) is 0 Å². The smallest absolute Gasteiger partial charge is 0.131 e. The number of hydrogen-bond acceptors (Lipinski definition) is 2. The predicted molar refractivity (Wildman–Crippen MR) is 77.1 cm³/mol. The van der Waals surface area contributed by atoms with Crippen LogP contribution in [0.5, 0.6) is 0 Å². The first kappa shape index (κ1) is 15.6. The van der Waals surface area contributed by atoms with E-state index in [9.17, 15) is 13.9 Å². The minimum atomic E-state index is -0.644. The lowest BCUT2D eigenvalue weighted by atomic mass is 10.0.